The zero-order valence-electron chi connectivity index (χ0n) is 16.5. The van der Waals surface area contributed by atoms with Crippen molar-refractivity contribution in [3.63, 3.8) is 0 Å². The lowest BCUT2D eigenvalue weighted by atomic mass is 10.0. The summed E-state index contributed by atoms with van der Waals surface area (Å²) in [5.41, 5.74) is 4.22. The van der Waals surface area contributed by atoms with E-state index < -0.39 is 11.9 Å². The molecule has 0 radical (unpaired) electrons. The standard InChI is InChI=1S/C24H26N2O3/c1-2-3-6-17-9-13-20(14-10-17)23(27)25-22(24(28)26-29)16-18-11-12-19-7-4-5-8-21(19)15-18/h4-5,7-15,22,29H,2-3,6,16H2,1H3,(H,25,27)(H,26,28)/t22-/m0/s1. The van der Waals surface area contributed by atoms with Gasteiger partial charge in [-0.05, 0) is 46.9 Å². The maximum absolute atomic E-state index is 12.6. The number of benzene rings is 3. The lowest BCUT2D eigenvalue weighted by Gasteiger charge is -2.17. The molecule has 1 atom stereocenters. The number of hydrogen-bond donors (Lipinski definition) is 3. The fourth-order valence-electron chi connectivity index (χ4n) is 3.33. The molecule has 0 aromatic heterocycles. The Kier molecular flexibility index (Phi) is 6.98. The second-order valence-corrected chi connectivity index (χ2v) is 7.19. The number of aryl methyl sites for hydroxylation is 1. The molecule has 3 aromatic rings. The number of carbonyl (C=O) groups excluding carboxylic acids is 2. The van der Waals surface area contributed by atoms with Gasteiger partial charge in [0.25, 0.3) is 11.8 Å². The topological polar surface area (TPSA) is 78.4 Å². The summed E-state index contributed by atoms with van der Waals surface area (Å²) in [7, 11) is 0. The first-order valence-electron chi connectivity index (χ1n) is 9.92. The van der Waals surface area contributed by atoms with Gasteiger partial charge in [0.2, 0.25) is 0 Å². The van der Waals surface area contributed by atoms with E-state index in [-0.39, 0.29) is 12.3 Å². The van der Waals surface area contributed by atoms with Gasteiger partial charge in [-0.2, -0.15) is 0 Å². The molecule has 5 heteroatoms. The van der Waals surface area contributed by atoms with Crippen molar-refractivity contribution in [2.75, 3.05) is 0 Å². The minimum Gasteiger partial charge on any atom is -0.340 e. The number of hydroxylamine groups is 1. The number of hydrogen-bond acceptors (Lipinski definition) is 3. The first-order valence-corrected chi connectivity index (χ1v) is 9.92. The number of carbonyl (C=O) groups is 2. The van der Waals surface area contributed by atoms with Crippen LogP contribution in [-0.2, 0) is 17.6 Å². The van der Waals surface area contributed by atoms with E-state index in [0.29, 0.717) is 5.56 Å². The highest BCUT2D eigenvalue weighted by Crippen LogP contribution is 2.17. The Labute approximate surface area is 170 Å². The predicted octanol–water partition coefficient (Wildman–Crippen LogP) is 4.03. The monoisotopic (exact) mass is 390 g/mol. The van der Waals surface area contributed by atoms with Crippen molar-refractivity contribution in [1.29, 1.82) is 0 Å². The first-order chi connectivity index (χ1) is 14.1. The van der Waals surface area contributed by atoms with Gasteiger partial charge in [0.05, 0.1) is 0 Å². The molecule has 3 N–H and O–H groups in total. The van der Waals surface area contributed by atoms with E-state index in [2.05, 4.69) is 12.2 Å². The summed E-state index contributed by atoms with van der Waals surface area (Å²) < 4.78 is 0. The second-order valence-electron chi connectivity index (χ2n) is 7.19. The third-order valence-electron chi connectivity index (χ3n) is 5.02. The van der Waals surface area contributed by atoms with Gasteiger partial charge in [-0.15, -0.1) is 0 Å². The normalized spacial score (nSPS) is 11.8. The van der Waals surface area contributed by atoms with Crippen molar-refractivity contribution in [1.82, 2.24) is 10.8 Å². The van der Waals surface area contributed by atoms with Crippen molar-refractivity contribution >= 4 is 22.6 Å². The molecule has 0 heterocycles. The Morgan fingerprint density at radius 1 is 0.931 bits per heavy atom. The molecule has 150 valence electrons. The van der Waals surface area contributed by atoms with Gasteiger partial charge < -0.3 is 5.32 Å². The average molecular weight is 390 g/mol. The molecule has 3 rings (SSSR count). The predicted molar refractivity (Wildman–Crippen MR) is 114 cm³/mol. The minimum atomic E-state index is -0.881. The molecule has 0 saturated heterocycles. The van der Waals surface area contributed by atoms with Crippen molar-refractivity contribution in [2.24, 2.45) is 0 Å². The van der Waals surface area contributed by atoms with E-state index in [0.717, 1.165) is 35.6 Å². The molecule has 0 fully saturated rings. The SMILES string of the molecule is CCCCc1ccc(C(=O)N[C@@H](Cc2ccc3ccccc3c2)C(=O)NO)cc1. The number of unbranched alkanes of at least 4 members (excludes halogenated alkanes) is 1. The van der Waals surface area contributed by atoms with Crippen LogP contribution in [0.3, 0.4) is 0 Å². The summed E-state index contributed by atoms with van der Waals surface area (Å²) in [4.78, 5) is 24.8. The van der Waals surface area contributed by atoms with Crippen molar-refractivity contribution in [3.8, 4) is 0 Å². The van der Waals surface area contributed by atoms with Crippen LogP contribution in [0.15, 0.2) is 66.7 Å². The maximum Gasteiger partial charge on any atom is 0.266 e. The van der Waals surface area contributed by atoms with Gasteiger partial charge in [-0.25, -0.2) is 5.48 Å². The molecular formula is C24H26N2O3. The van der Waals surface area contributed by atoms with E-state index in [1.54, 1.807) is 17.6 Å². The van der Waals surface area contributed by atoms with E-state index in [1.807, 2.05) is 54.6 Å². The molecule has 29 heavy (non-hydrogen) atoms. The Morgan fingerprint density at radius 2 is 1.62 bits per heavy atom. The van der Waals surface area contributed by atoms with Gasteiger partial charge in [0.1, 0.15) is 6.04 Å². The van der Waals surface area contributed by atoms with E-state index in [1.165, 1.54) is 5.56 Å². The van der Waals surface area contributed by atoms with Gasteiger partial charge in [0.15, 0.2) is 0 Å². The zero-order valence-corrected chi connectivity index (χ0v) is 16.5. The minimum absolute atomic E-state index is 0.275. The van der Waals surface area contributed by atoms with Crippen LogP contribution < -0.4 is 10.8 Å². The Hall–Kier alpha value is -3.18. The van der Waals surface area contributed by atoms with Crippen LogP contribution in [0, 0.1) is 0 Å². The van der Waals surface area contributed by atoms with Gasteiger partial charge in [0, 0.05) is 12.0 Å². The molecule has 0 saturated carbocycles. The largest absolute Gasteiger partial charge is 0.340 e. The van der Waals surface area contributed by atoms with Crippen LogP contribution in [0.5, 0.6) is 0 Å². The van der Waals surface area contributed by atoms with Crippen LogP contribution >= 0.6 is 0 Å². The molecule has 5 nitrogen and oxygen atoms in total. The second kappa shape index (κ2) is 9.85. The molecule has 0 unspecified atom stereocenters. The fraction of sp³-hybridized carbons (Fsp3) is 0.250. The first kappa shape index (κ1) is 20.6. The third kappa shape index (κ3) is 5.42. The lowest BCUT2D eigenvalue weighted by Crippen LogP contribution is -2.47. The van der Waals surface area contributed by atoms with Crippen LogP contribution in [0.1, 0.15) is 41.3 Å². The molecule has 0 aliphatic carbocycles. The molecule has 2 amide bonds. The Morgan fingerprint density at radius 3 is 2.31 bits per heavy atom. The lowest BCUT2D eigenvalue weighted by molar-refractivity contribution is -0.131. The van der Waals surface area contributed by atoms with Crippen LogP contribution in [0.25, 0.3) is 10.8 Å². The van der Waals surface area contributed by atoms with E-state index >= 15 is 0 Å². The van der Waals surface area contributed by atoms with Crippen molar-refractivity contribution in [3.05, 3.63) is 83.4 Å². The number of nitrogens with one attached hydrogen (secondary N) is 2. The molecular weight excluding hydrogens is 364 g/mol. The van der Waals surface area contributed by atoms with Crippen LogP contribution in [-0.4, -0.2) is 23.1 Å². The van der Waals surface area contributed by atoms with Gasteiger partial charge >= 0.3 is 0 Å². The van der Waals surface area contributed by atoms with Gasteiger partial charge in [-0.1, -0.05) is 67.9 Å². The molecule has 0 spiro atoms. The van der Waals surface area contributed by atoms with Crippen LogP contribution in [0.2, 0.25) is 0 Å². The summed E-state index contributed by atoms with van der Waals surface area (Å²) in [5.74, 6) is -0.993. The molecule has 0 aliphatic heterocycles. The summed E-state index contributed by atoms with van der Waals surface area (Å²) in [6, 6.07) is 20.4. The number of rotatable bonds is 8. The maximum atomic E-state index is 12.6. The molecule has 0 bridgehead atoms. The summed E-state index contributed by atoms with van der Waals surface area (Å²) >= 11 is 0. The summed E-state index contributed by atoms with van der Waals surface area (Å²) in [5, 5.41) is 14.0. The number of amides is 2. The highest BCUT2D eigenvalue weighted by molar-refractivity contribution is 5.97. The number of fused-ring (bicyclic) bond motifs is 1. The quantitative estimate of drug-likeness (QED) is 0.401. The third-order valence-corrected chi connectivity index (χ3v) is 5.02. The smallest absolute Gasteiger partial charge is 0.266 e. The van der Waals surface area contributed by atoms with E-state index in [4.69, 9.17) is 5.21 Å². The average Bonchev–Trinajstić information content (AvgIpc) is 2.76. The van der Waals surface area contributed by atoms with E-state index in [9.17, 15) is 9.59 Å². The zero-order chi connectivity index (χ0) is 20.6. The van der Waals surface area contributed by atoms with Crippen LogP contribution in [0.4, 0.5) is 0 Å². The fourth-order valence-corrected chi connectivity index (χ4v) is 3.33. The van der Waals surface area contributed by atoms with Crippen molar-refractivity contribution < 1.29 is 14.8 Å². The van der Waals surface area contributed by atoms with Gasteiger partial charge in [-0.3, -0.25) is 14.8 Å². The Bertz CT molecular complexity index is 983. The molecule has 3 aromatic carbocycles. The Balaban J connectivity index is 1.72. The highest BCUT2D eigenvalue weighted by atomic mass is 16.5. The summed E-state index contributed by atoms with van der Waals surface area (Å²) in [6.07, 6.45) is 3.48. The molecule has 0 aliphatic rings. The highest BCUT2D eigenvalue weighted by Gasteiger charge is 2.21. The van der Waals surface area contributed by atoms with Crippen molar-refractivity contribution in [2.45, 2.75) is 38.6 Å². The summed E-state index contributed by atoms with van der Waals surface area (Å²) in [6.45, 7) is 2.14.